The van der Waals surface area contributed by atoms with Crippen molar-refractivity contribution in [3.05, 3.63) is 40.3 Å². The van der Waals surface area contributed by atoms with E-state index in [2.05, 4.69) is 17.0 Å². The van der Waals surface area contributed by atoms with Crippen molar-refractivity contribution in [2.24, 2.45) is 5.73 Å². The van der Waals surface area contributed by atoms with Gasteiger partial charge in [0.15, 0.2) is 5.82 Å². The number of nitrogens with two attached hydrogens (primary N) is 1. The van der Waals surface area contributed by atoms with Gasteiger partial charge in [0, 0.05) is 17.0 Å². The van der Waals surface area contributed by atoms with Crippen molar-refractivity contribution in [2.75, 3.05) is 0 Å². The molecular weight excluding hydrogens is 244 g/mol. The van der Waals surface area contributed by atoms with Gasteiger partial charge in [-0.25, -0.2) is 9.67 Å². The Morgan fingerprint density at radius 3 is 2.39 bits per heavy atom. The molecule has 0 radical (unpaired) electrons. The van der Waals surface area contributed by atoms with E-state index < -0.39 is 0 Å². The molecule has 2 rings (SSSR count). The number of pyridine rings is 1. The molecule has 0 aliphatic rings. The summed E-state index contributed by atoms with van der Waals surface area (Å²) in [6.07, 6.45) is 0. The van der Waals surface area contributed by atoms with Crippen molar-refractivity contribution < 1.29 is 0 Å². The third kappa shape index (κ3) is 2.13. The summed E-state index contributed by atoms with van der Waals surface area (Å²) < 4.78 is 1.83. The van der Waals surface area contributed by atoms with Crippen LogP contribution in [0.15, 0.2) is 12.1 Å². The molecule has 4 nitrogen and oxygen atoms in total. The molecule has 0 fully saturated rings. The highest BCUT2D eigenvalue weighted by Gasteiger charge is 2.11. The van der Waals surface area contributed by atoms with Crippen LogP contribution in [0.3, 0.4) is 0 Å². The number of nitrogens with zero attached hydrogens (tertiary/aromatic N) is 3. The van der Waals surface area contributed by atoms with E-state index in [0.29, 0.717) is 4.99 Å². The van der Waals surface area contributed by atoms with E-state index in [0.717, 1.165) is 28.5 Å². The van der Waals surface area contributed by atoms with Gasteiger partial charge in [0.25, 0.3) is 0 Å². The largest absolute Gasteiger partial charge is 0.389 e. The number of hydrogen-bond donors (Lipinski definition) is 1. The lowest BCUT2D eigenvalue weighted by molar-refractivity contribution is 0.801. The maximum absolute atomic E-state index is 5.68. The van der Waals surface area contributed by atoms with E-state index in [4.69, 9.17) is 18.0 Å². The normalized spacial score (nSPS) is 10.7. The maximum atomic E-state index is 5.68. The highest BCUT2D eigenvalue weighted by molar-refractivity contribution is 7.80. The minimum atomic E-state index is 0.375. The first kappa shape index (κ1) is 12.7. The second kappa shape index (κ2) is 4.49. The van der Waals surface area contributed by atoms with Crippen LogP contribution in [0.25, 0.3) is 5.82 Å². The van der Waals surface area contributed by atoms with Crippen molar-refractivity contribution in [3.63, 3.8) is 0 Å². The average molecular weight is 260 g/mol. The Morgan fingerprint density at radius 2 is 1.89 bits per heavy atom. The minimum Gasteiger partial charge on any atom is -0.389 e. The molecule has 0 aliphatic heterocycles. The summed E-state index contributed by atoms with van der Waals surface area (Å²) in [4.78, 5) is 4.86. The second-order valence-electron chi connectivity index (χ2n) is 4.43. The van der Waals surface area contributed by atoms with Crippen LogP contribution in [-0.4, -0.2) is 19.8 Å². The van der Waals surface area contributed by atoms with Crippen molar-refractivity contribution in [1.82, 2.24) is 14.8 Å². The summed E-state index contributed by atoms with van der Waals surface area (Å²) in [7, 11) is 0. The zero-order valence-electron chi connectivity index (χ0n) is 11.0. The van der Waals surface area contributed by atoms with Gasteiger partial charge >= 0.3 is 0 Å². The molecule has 2 N–H and O–H groups in total. The number of thiocarbonyl (C=S) groups is 1. The summed E-state index contributed by atoms with van der Waals surface area (Å²) in [6, 6.07) is 3.75. The van der Waals surface area contributed by atoms with E-state index >= 15 is 0 Å². The standard InChI is InChI=1S/C13H16N4S/c1-7-5-11(13(14)18)6-12(15-7)17-10(4)8(2)9(3)16-17/h5-6H,1-4H3,(H2,14,18). The van der Waals surface area contributed by atoms with Gasteiger partial charge in [-0.1, -0.05) is 12.2 Å². The Morgan fingerprint density at radius 1 is 1.22 bits per heavy atom. The molecule has 94 valence electrons. The molecule has 2 heterocycles. The Hall–Kier alpha value is -1.75. The zero-order valence-corrected chi connectivity index (χ0v) is 11.8. The van der Waals surface area contributed by atoms with Crippen LogP contribution in [0.1, 0.15) is 28.2 Å². The predicted octanol–water partition coefficient (Wildman–Crippen LogP) is 2.14. The third-order valence-corrected chi connectivity index (χ3v) is 3.33. The molecular formula is C13H16N4S. The van der Waals surface area contributed by atoms with E-state index in [1.807, 2.05) is 37.6 Å². The van der Waals surface area contributed by atoms with Crippen LogP contribution < -0.4 is 5.73 Å². The fraction of sp³-hybridized carbons (Fsp3) is 0.308. The molecule has 0 aromatic carbocycles. The Labute approximate surface area is 112 Å². The number of aryl methyl sites for hydroxylation is 2. The fourth-order valence-corrected chi connectivity index (χ4v) is 1.96. The quantitative estimate of drug-likeness (QED) is 0.840. The third-order valence-electron chi connectivity index (χ3n) is 3.09. The van der Waals surface area contributed by atoms with Crippen molar-refractivity contribution in [2.45, 2.75) is 27.7 Å². The molecule has 2 aromatic rings. The van der Waals surface area contributed by atoms with Crippen molar-refractivity contribution in [3.8, 4) is 5.82 Å². The molecule has 0 bridgehead atoms. The van der Waals surface area contributed by atoms with E-state index in [9.17, 15) is 0 Å². The summed E-state index contributed by atoms with van der Waals surface area (Å²) in [5, 5.41) is 4.49. The number of rotatable bonds is 2. The van der Waals surface area contributed by atoms with Gasteiger partial charge in [0.2, 0.25) is 0 Å². The molecule has 0 amide bonds. The highest BCUT2D eigenvalue weighted by atomic mass is 32.1. The smallest absolute Gasteiger partial charge is 0.154 e. The summed E-state index contributed by atoms with van der Waals surface area (Å²) >= 11 is 5.02. The second-order valence-corrected chi connectivity index (χ2v) is 4.87. The van der Waals surface area contributed by atoms with Crippen LogP contribution in [0.2, 0.25) is 0 Å². The molecule has 5 heteroatoms. The first-order chi connectivity index (χ1) is 8.40. The molecule has 0 unspecified atom stereocenters. The van der Waals surface area contributed by atoms with Gasteiger partial charge < -0.3 is 5.73 Å². The summed E-state index contributed by atoms with van der Waals surface area (Å²) in [6.45, 7) is 7.99. The van der Waals surface area contributed by atoms with Crippen molar-refractivity contribution >= 4 is 17.2 Å². The monoisotopic (exact) mass is 260 g/mol. The average Bonchev–Trinajstić information content (AvgIpc) is 2.56. The van der Waals surface area contributed by atoms with Crippen LogP contribution in [0.5, 0.6) is 0 Å². The first-order valence-corrected chi connectivity index (χ1v) is 6.12. The van der Waals surface area contributed by atoms with E-state index in [1.54, 1.807) is 0 Å². The van der Waals surface area contributed by atoms with Crippen LogP contribution in [-0.2, 0) is 0 Å². The SMILES string of the molecule is Cc1cc(C(N)=S)cc(-n2nc(C)c(C)c2C)n1. The van der Waals surface area contributed by atoms with Crippen LogP contribution in [0, 0.1) is 27.7 Å². The molecule has 0 saturated carbocycles. The lowest BCUT2D eigenvalue weighted by atomic mass is 10.2. The first-order valence-electron chi connectivity index (χ1n) is 5.72. The van der Waals surface area contributed by atoms with Crippen LogP contribution in [0.4, 0.5) is 0 Å². The van der Waals surface area contributed by atoms with Gasteiger partial charge in [0.1, 0.15) is 4.99 Å². The van der Waals surface area contributed by atoms with Gasteiger partial charge in [-0.3, -0.25) is 0 Å². The Bertz CT molecular complexity index is 628. The lowest BCUT2D eigenvalue weighted by Gasteiger charge is -2.07. The highest BCUT2D eigenvalue weighted by Crippen LogP contribution is 2.17. The fourth-order valence-electron chi connectivity index (χ4n) is 1.85. The Kier molecular flexibility index (Phi) is 3.17. The van der Waals surface area contributed by atoms with Gasteiger partial charge in [-0.15, -0.1) is 0 Å². The van der Waals surface area contributed by atoms with E-state index in [1.165, 1.54) is 5.56 Å². The maximum Gasteiger partial charge on any atom is 0.154 e. The molecule has 18 heavy (non-hydrogen) atoms. The lowest BCUT2D eigenvalue weighted by Crippen LogP contribution is -2.12. The summed E-state index contributed by atoms with van der Waals surface area (Å²) in [5.41, 5.74) is 10.6. The topological polar surface area (TPSA) is 56.7 Å². The molecule has 2 aromatic heterocycles. The molecule has 0 aliphatic carbocycles. The summed E-state index contributed by atoms with van der Waals surface area (Å²) in [5.74, 6) is 0.756. The van der Waals surface area contributed by atoms with Crippen molar-refractivity contribution in [1.29, 1.82) is 0 Å². The van der Waals surface area contributed by atoms with Gasteiger partial charge in [0.05, 0.1) is 5.69 Å². The predicted molar refractivity (Wildman–Crippen MR) is 76.2 cm³/mol. The number of hydrogen-bond acceptors (Lipinski definition) is 3. The Balaban J connectivity index is 2.63. The van der Waals surface area contributed by atoms with Gasteiger partial charge in [-0.05, 0) is 45.4 Å². The molecule has 0 spiro atoms. The number of aromatic nitrogens is 3. The minimum absolute atomic E-state index is 0.375. The molecule has 0 saturated heterocycles. The van der Waals surface area contributed by atoms with Gasteiger partial charge in [-0.2, -0.15) is 5.10 Å². The zero-order chi connectivity index (χ0) is 13.4. The van der Waals surface area contributed by atoms with Crippen LogP contribution >= 0.6 is 12.2 Å². The van der Waals surface area contributed by atoms with E-state index in [-0.39, 0.29) is 0 Å². The molecule has 0 atom stereocenters.